The highest BCUT2D eigenvalue weighted by molar-refractivity contribution is 5.33. The molecule has 0 amide bonds. The molecule has 1 aromatic heterocycles. The summed E-state index contributed by atoms with van der Waals surface area (Å²) in [6, 6.07) is 2.10. The number of aliphatic hydroxyl groups is 1. The van der Waals surface area contributed by atoms with Gasteiger partial charge in [-0.2, -0.15) is 0 Å². The van der Waals surface area contributed by atoms with E-state index in [0.29, 0.717) is 6.42 Å². The molecule has 0 saturated heterocycles. The van der Waals surface area contributed by atoms with E-state index in [0.717, 1.165) is 12.1 Å². The Hall–Kier alpha value is -0.890. The first-order chi connectivity index (χ1) is 5.92. The van der Waals surface area contributed by atoms with Crippen molar-refractivity contribution < 1.29 is 5.11 Å². The molecule has 0 atom stereocenters. The molecule has 1 aromatic rings. The van der Waals surface area contributed by atoms with E-state index in [4.69, 9.17) is 5.11 Å². The van der Waals surface area contributed by atoms with E-state index in [2.05, 4.69) is 11.1 Å². The second kappa shape index (κ2) is 3.23. The Morgan fingerprint density at radius 1 is 1.42 bits per heavy atom. The zero-order valence-corrected chi connectivity index (χ0v) is 7.08. The van der Waals surface area contributed by atoms with E-state index in [9.17, 15) is 0 Å². The molecule has 2 heteroatoms. The summed E-state index contributed by atoms with van der Waals surface area (Å²) in [5.41, 5.74) is 3.94. The van der Waals surface area contributed by atoms with Crippen LogP contribution < -0.4 is 0 Å². The Kier molecular flexibility index (Phi) is 2.09. The third-order valence-corrected chi connectivity index (χ3v) is 2.46. The number of aromatic nitrogens is 1. The zero-order chi connectivity index (χ0) is 8.39. The molecular weight excluding hydrogens is 150 g/mol. The van der Waals surface area contributed by atoms with Crippen molar-refractivity contribution in [2.24, 2.45) is 0 Å². The van der Waals surface area contributed by atoms with Crippen LogP contribution in [0.25, 0.3) is 0 Å². The van der Waals surface area contributed by atoms with Gasteiger partial charge in [0.05, 0.1) is 0 Å². The fourth-order valence-corrected chi connectivity index (χ4v) is 1.90. The lowest BCUT2D eigenvalue weighted by atomic mass is 10.1. The van der Waals surface area contributed by atoms with Crippen LogP contribution in [0, 0.1) is 0 Å². The van der Waals surface area contributed by atoms with Gasteiger partial charge in [0, 0.05) is 24.9 Å². The van der Waals surface area contributed by atoms with Gasteiger partial charge >= 0.3 is 0 Å². The molecule has 1 aliphatic rings. The van der Waals surface area contributed by atoms with Crippen LogP contribution in [0.4, 0.5) is 0 Å². The monoisotopic (exact) mass is 163 g/mol. The summed E-state index contributed by atoms with van der Waals surface area (Å²) in [6.07, 6.45) is 6.16. The average molecular weight is 163 g/mol. The molecule has 1 heterocycles. The predicted octanol–water partition coefficient (Wildman–Crippen LogP) is 1.11. The highest BCUT2D eigenvalue weighted by atomic mass is 16.3. The first-order valence-electron chi connectivity index (χ1n) is 4.48. The molecule has 0 aliphatic heterocycles. The van der Waals surface area contributed by atoms with Gasteiger partial charge in [0.25, 0.3) is 0 Å². The van der Waals surface area contributed by atoms with Crippen molar-refractivity contribution in [2.45, 2.75) is 25.7 Å². The number of aryl methyl sites for hydroxylation is 1. The Morgan fingerprint density at radius 2 is 2.33 bits per heavy atom. The fraction of sp³-hybridized carbons (Fsp3) is 0.500. The van der Waals surface area contributed by atoms with Crippen molar-refractivity contribution in [2.75, 3.05) is 6.61 Å². The molecule has 0 fully saturated rings. The van der Waals surface area contributed by atoms with E-state index in [-0.39, 0.29) is 6.61 Å². The summed E-state index contributed by atoms with van der Waals surface area (Å²) in [7, 11) is 0. The van der Waals surface area contributed by atoms with Crippen LogP contribution in [0.15, 0.2) is 12.3 Å². The van der Waals surface area contributed by atoms with Crippen LogP contribution in [0.5, 0.6) is 0 Å². The van der Waals surface area contributed by atoms with E-state index in [1.807, 2.05) is 6.20 Å². The SMILES string of the molecule is OCCc1nccc2c1CCC2. The Morgan fingerprint density at radius 3 is 3.17 bits per heavy atom. The summed E-state index contributed by atoms with van der Waals surface area (Å²) in [5.74, 6) is 0. The van der Waals surface area contributed by atoms with Crippen molar-refractivity contribution in [3.8, 4) is 0 Å². The largest absolute Gasteiger partial charge is 0.396 e. The number of fused-ring (bicyclic) bond motifs is 1. The summed E-state index contributed by atoms with van der Waals surface area (Å²) in [4.78, 5) is 4.28. The Labute approximate surface area is 72.3 Å². The second-order valence-electron chi connectivity index (χ2n) is 3.22. The number of hydrogen-bond donors (Lipinski definition) is 1. The lowest BCUT2D eigenvalue weighted by molar-refractivity contribution is 0.298. The van der Waals surface area contributed by atoms with Gasteiger partial charge in [0.1, 0.15) is 0 Å². The molecule has 1 aliphatic carbocycles. The zero-order valence-electron chi connectivity index (χ0n) is 7.08. The van der Waals surface area contributed by atoms with E-state index >= 15 is 0 Å². The molecule has 0 unspecified atom stereocenters. The smallest absolute Gasteiger partial charge is 0.0486 e. The first-order valence-corrected chi connectivity index (χ1v) is 4.48. The number of nitrogens with zero attached hydrogens (tertiary/aromatic N) is 1. The highest BCUT2D eigenvalue weighted by Crippen LogP contribution is 2.23. The summed E-state index contributed by atoms with van der Waals surface area (Å²) in [6.45, 7) is 0.212. The maximum absolute atomic E-state index is 8.81. The summed E-state index contributed by atoms with van der Waals surface area (Å²) < 4.78 is 0. The van der Waals surface area contributed by atoms with Crippen LogP contribution in [-0.2, 0) is 19.3 Å². The lowest BCUT2D eigenvalue weighted by Gasteiger charge is -2.04. The van der Waals surface area contributed by atoms with Gasteiger partial charge < -0.3 is 5.11 Å². The summed E-state index contributed by atoms with van der Waals surface area (Å²) in [5, 5.41) is 8.81. The molecule has 2 rings (SSSR count). The number of aliphatic hydroxyl groups excluding tert-OH is 1. The van der Waals surface area contributed by atoms with E-state index < -0.39 is 0 Å². The van der Waals surface area contributed by atoms with Crippen molar-refractivity contribution >= 4 is 0 Å². The minimum Gasteiger partial charge on any atom is -0.396 e. The molecule has 1 N–H and O–H groups in total. The van der Waals surface area contributed by atoms with Crippen molar-refractivity contribution in [3.63, 3.8) is 0 Å². The van der Waals surface area contributed by atoms with Gasteiger partial charge in [-0.25, -0.2) is 0 Å². The van der Waals surface area contributed by atoms with Gasteiger partial charge in [0.2, 0.25) is 0 Å². The normalized spacial score (nSPS) is 14.8. The number of hydrogen-bond acceptors (Lipinski definition) is 2. The van der Waals surface area contributed by atoms with Crippen LogP contribution in [0.2, 0.25) is 0 Å². The molecule has 0 saturated carbocycles. The second-order valence-corrected chi connectivity index (χ2v) is 3.22. The topological polar surface area (TPSA) is 33.1 Å². The fourth-order valence-electron chi connectivity index (χ4n) is 1.90. The number of pyridine rings is 1. The van der Waals surface area contributed by atoms with Gasteiger partial charge in [0.15, 0.2) is 0 Å². The third kappa shape index (κ3) is 1.23. The highest BCUT2D eigenvalue weighted by Gasteiger charge is 2.14. The molecule has 0 spiro atoms. The quantitative estimate of drug-likeness (QED) is 0.708. The predicted molar refractivity (Wildman–Crippen MR) is 47.1 cm³/mol. The van der Waals surface area contributed by atoms with Crippen LogP contribution in [0.1, 0.15) is 23.2 Å². The molecule has 12 heavy (non-hydrogen) atoms. The van der Waals surface area contributed by atoms with Crippen LogP contribution >= 0.6 is 0 Å². The summed E-state index contributed by atoms with van der Waals surface area (Å²) >= 11 is 0. The molecule has 0 radical (unpaired) electrons. The van der Waals surface area contributed by atoms with Crippen molar-refractivity contribution in [1.82, 2.24) is 4.98 Å². The lowest BCUT2D eigenvalue weighted by Crippen LogP contribution is -1.99. The maximum atomic E-state index is 8.81. The third-order valence-electron chi connectivity index (χ3n) is 2.46. The molecule has 2 nitrogen and oxygen atoms in total. The van der Waals surface area contributed by atoms with Crippen molar-refractivity contribution in [3.05, 3.63) is 29.1 Å². The Bertz CT molecular complexity index is 283. The maximum Gasteiger partial charge on any atom is 0.0486 e. The van der Waals surface area contributed by atoms with Gasteiger partial charge in [-0.05, 0) is 36.5 Å². The number of rotatable bonds is 2. The molecule has 0 bridgehead atoms. The van der Waals surface area contributed by atoms with Gasteiger partial charge in [-0.1, -0.05) is 0 Å². The van der Waals surface area contributed by atoms with E-state index in [1.165, 1.54) is 24.0 Å². The molecule has 64 valence electrons. The van der Waals surface area contributed by atoms with E-state index in [1.54, 1.807) is 0 Å². The minimum atomic E-state index is 0.212. The Balaban J connectivity index is 2.36. The molecular formula is C10H13NO. The van der Waals surface area contributed by atoms with Gasteiger partial charge in [-0.3, -0.25) is 4.98 Å². The minimum absolute atomic E-state index is 0.212. The van der Waals surface area contributed by atoms with Gasteiger partial charge in [-0.15, -0.1) is 0 Å². The van der Waals surface area contributed by atoms with Crippen molar-refractivity contribution in [1.29, 1.82) is 0 Å². The molecule has 0 aromatic carbocycles. The average Bonchev–Trinajstić information content (AvgIpc) is 2.53. The van der Waals surface area contributed by atoms with Crippen LogP contribution in [0.3, 0.4) is 0 Å². The van der Waals surface area contributed by atoms with Crippen LogP contribution in [-0.4, -0.2) is 16.7 Å². The standard InChI is InChI=1S/C10H13NO/c12-7-5-10-9-3-1-2-8(9)4-6-11-10/h4,6,12H,1-3,5,7H2. The first kappa shape index (κ1) is 7.74.